The second-order valence-corrected chi connectivity index (χ2v) is 6.05. The molecule has 5 rings (SSSR count). The van der Waals surface area contributed by atoms with Gasteiger partial charge in [0.2, 0.25) is 0 Å². The third-order valence-electron chi connectivity index (χ3n) is 4.42. The Morgan fingerprint density at radius 2 is 1.73 bits per heavy atom. The van der Waals surface area contributed by atoms with Gasteiger partial charge in [-0.2, -0.15) is 0 Å². The summed E-state index contributed by atoms with van der Waals surface area (Å²) in [5.74, 6) is 1.39. The van der Waals surface area contributed by atoms with Crippen molar-refractivity contribution in [3.05, 3.63) is 71.1 Å². The molecule has 0 fully saturated rings. The van der Waals surface area contributed by atoms with E-state index in [0.717, 1.165) is 16.7 Å². The fraction of sp³-hybridized carbons (Fsp3) is 0.100. The maximum absolute atomic E-state index is 12.5. The molecule has 4 aromatic rings. The molecular formula is C20H15N3O3. The molecule has 0 spiro atoms. The smallest absolute Gasteiger partial charge is 0.273 e. The normalized spacial score (nSPS) is 13.1. The predicted molar refractivity (Wildman–Crippen MR) is 97.7 cm³/mol. The largest absolute Gasteiger partial charge is 0.486 e. The van der Waals surface area contributed by atoms with Crippen LogP contribution in [-0.2, 0) is 0 Å². The predicted octanol–water partition coefficient (Wildman–Crippen LogP) is 3.13. The zero-order chi connectivity index (χ0) is 17.5. The molecule has 6 heteroatoms. The molecule has 26 heavy (non-hydrogen) atoms. The van der Waals surface area contributed by atoms with E-state index in [-0.39, 0.29) is 5.56 Å². The minimum absolute atomic E-state index is 0.165. The van der Waals surface area contributed by atoms with Gasteiger partial charge in [-0.3, -0.25) is 9.89 Å². The van der Waals surface area contributed by atoms with Crippen molar-refractivity contribution in [3.8, 4) is 33.9 Å². The van der Waals surface area contributed by atoms with Crippen LogP contribution in [0.2, 0.25) is 0 Å². The van der Waals surface area contributed by atoms with E-state index in [1.165, 1.54) is 10.6 Å². The zero-order valence-corrected chi connectivity index (χ0v) is 13.8. The maximum Gasteiger partial charge on any atom is 0.273 e. The number of H-pyrrole nitrogens is 1. The van der Waals surface area contributed by atoms with Crippen molar-refractivity contribution in [2.24, 2.45) is 0 Å². The number of hydrogen-bond donors (Lipinski definition) is 1. The molecule has 0 bridgehead atoms. The lowest BCUT2D eigenvalue weighted by Crippen LogP contribution is -2.16. The molecule has 1 aliphatic heterocycles. The second kappa shape index (κ2) is 5.77. The summed E-state index contributed by atoms with van der Waals surface area (Å²) in [7, 11) is 0. The van der Waals surface area contributed by atoms with E-state index in [1.807, 2.05) is 48.5 Å². The van der Waals surface area contributed by atoms with E-state index in [1.54, 1.807) is 6.20 Å². The van der Waals surface area contributed by atoms with Gasteiger partial charge in [0.05, 0.1) is 5.69 Å². The number of rotatable bonds is 2. The van der Waals surface area contributed by atoms with Crippen molar-refractivity contribution in [3.63, 3.8) is 0 Å². The highest BCUT2D eigenvalue weighted by molar-refractivity contribution is 5.78. The van der Waals surface area contributed by atoms with Crippen molar-refractivity contribution >= 4 is 5.65 Å². The van der Waals surface area contributed by atoms with Crippen LogP contribution >= 0.6 is 0 Å². The van der Waals surface area contributed by atoms with Crippen LogP contribution in [0, 0.1) is 0 Å². The maximum atomic E-state index is 12.5. The molecule has 0 unspecified atom stereocenters. The van der Waals surface area contributed by atoms with E-state index < -0.39 is 0 Å². The fourth-order valence-electron chi connectivity index (χ4n) is 3.16. The molecule has 2 aromatic heterocycles. The van der Waals surface area contributed by atoms with Gasteiger partial charge in [0, 0.05) is 23.4 Å². The van der Waals surface area contributed by atoms with Crippen LogP contribution in [0.15, 0.2) is 65.6 Å². The first kappa shape index (κ1) is 14.8. The number of nitrogens with one attached hydrogen (secondary N) is 1. The molecule has 6 nitrogen and oxygen atoms in total. The molecule has 1 N–H and O–H groups in total. The van der Waals surface area contributed by atoms with Gasteiger partial charge in [0.1, 0.15) is 13.2 Å². The summed E-state index contributed by atoms with van der Waals surface area (Å²) in [6, 6.07) is 17.0. The average Bonchev–Trinajstić information content (AvgIpc) is 3.13. The van der Waals surface area contributed by atoms with E-state index >= 15 is 0 Å². The van der Waals surface area contributed by atoms with Crippen molar-refractivity contribution < 1.29 is 9.47 Å². The highest BCUT2D eigenvalue weighted by Crippen LogP contribution is 2.34. The Morgan fingerprint density at radius 1 is 0.923 bits per heavy atom. The summed E-state index contributed by atoms with van der Waals surface area (Å²) < 4.78 is 12.6. The van der Waals surface area contributed by atoms with Gasteiger partial charge in [-0.1, -0.05) is 30.3 Å². The number of nitrogens with zero attached hydrogens (tertiary/aromatic N) is 2. The summed E-state index contributed by atoms with van der Waals surface area (Å²) in [6.45, 7) is 1.06. The molecule has 128 valence electrons. The van der Waals surface area contributed by atoms with Gasteiger partial charge < -0.3 is 9.47 Å². The molecule has 0 saturated heterocycles. The first-order chi connectivity index (χ1) is 12.8. The Bertz CT molecular complexity index is 1160. The molecule has 1 aliphatic rings. The molecular weight excluding hydrogens is 330 g/mol. The van der Waals surface area contributed by atoms with E-state index in [9.17, 15) is 4.79 Å². The molecule has 0 amide bonds. The van der Waals surface area contributed by atoms with Gasteiger partial charge in [0.25, 0.3) is 5.56 Å². The number of aromatic amines is 1. The third-order valence-corrected chi connectivity index (χ3v) is 4.42. The second-order valence-electron chi connectivity index (χ2n) is 6.05. The van der Waals surface area contributed by atoms with Crippen LogP contribution < -0.4 is 15.0 Å². The Labute approximate surface area is 148 Å². The van der Waals surface area contributed by atoms with E-state index in [2.05, 4.69) is 5.10 Å². The monoisotopic (exact) mass is 345 g/mol. The summed E-state index contributed by atoms with van der Waals surface area (Å²) in [5.41, 5.74) is 3.72. The molecule has 0 atom stereocenters. The Balaban J connectivity index is 1.69. The average molecular weight is 345 g/mol. The van der Waals surface area contributed by atoms with Crippen LogP contribution in [0.5, 0.6) is 11.5 Å². The molecule has 2 aromatic carbocycles. The van der Waals surface area contributed by atoms with Crippen LogP contribution in [0.4, 0.5) is 0 Å². The van der Waals surface area contributed by atoms with Crippen molar-refractivity contribution in [1.82, 2.24) is 14.6 Å². The summed E-state index contributed by atoms with van der Waals surface area (Å²) in [5, 5.41) is 2.98. The Kier molecular flexibility index (Phi) is 3.28. The highest BCUT2D eigenvalue weighted by Gasteiger charge is 2.15. The van der Waals surface area contributed by atoms with Crippen molar-refractivity contribution in [2.45, 2.75) is 0 Å². The van der Waals surface area contributed by atoms with Gasteiger partial charge in [-0.15, -0.1) is 0 Å². The SMILES string of the molecule is O=c1cc(-c2ccc3c(c2)OCCO3)nc2c(-c3ccccc3)c[nH]n12. The lowest BCUT2D eigenvalue weighted by molar-refractivity contribution is 0.171. The minimum atomic E-state index is -0.165. The zero-order valence-electron chi connectivity index (χ0n) is 13.8. The fourth-order valence-corrected chi connectivity index (χ4v) is 3.16. The summed E-state index contributed by atoms with van der Waals surface area (Å²) in [6.07, 6.45) is 1.80. The van der Waals surface area contributed by atoms with E-state index in [4.69, 9.17) is 14.5 Å². The van der Waals surface area contributed by atoms with Crippen molar-refractivity contribution in [2.75, 3.05) is 13.2 Å². The number of aromatic nitrogens is 3. The number of ether oxygens (including phenoxy) is 2. The third kappa shape index (κ3) is 2.35. The minimum Gasteiger partial charge on any atom is -0.486 e. The molecule has 0 radical (unpaired) electrons. The summed E-state index contributed by atoms with van der Waals surface area (Å²) >= 11 is 0. The number of benzene rings is 2. The van der Waals surface area contributed by atoms with Crippen LogP contribution in [-0.4, -0.2) is 27.8 Å². The van der Waals surface area contributed by atoms with Gasteiger partial charge >= 0.3 is 0 Å². The summed E-state index contributed by atoms with van der Waals surface area (Å²) in [4.78, 5) is 17.3. The highest BCUT2D eigenvalue weighted by atomic mass is 16.6. The van der Waals surface area contributed by atoms with Crippen LogP contribution in [0.3, 0.4) is 0 Å². The van der Waals surface area contributed by atoms with Crippen LogP contribution in [0.25, 0.3) is 28.0 Å². The quantitative estimate of drug-likeness (QED) is 0.606. The molecule has 0 aliphatic carbocycles. The van der Waals surface area contributed by atoms with E-state index in [0.29, 0.717) is 36.1 Å². The lowest BCUT2D eigenvalue weighted by atomic mass is 10.1. The lowest BCUT2D eigenvalue weighted by Gasteiger charge is -2.18. The van der Waals surface area contributed by atoms with Gasteiger partial charge in [-0.25, -0.2) is 9.50 Å². The standard InChI is InChI=1S/C20H15N3O3/c24-19-11-16(14-6-7-17-18(10-14)26-9-8-25-17)22-20-15(12-21-23(19)20)13-4-2-1-3-5-13/h1-7,10-12,21H,8-9H2. The van der Waals surface area contributed by atoms with Gasteiger partial charge in [-0.05, 0) is 23.8 Å². The first-order valence-electron chi connectivity index (χ1n) is 8.36. The topological polar surface area (TPSA) is 68.6 Å². The Hall–Kier alpha value is -3.54. The molecule has 0 saturated carbocycles. The molecule has 3 heterocycles. The number of fused-ring (bicyclic) bond motifs is 2. The Morgan fingerprint density at radius 3 is 2.58 bits per heavy atom. The van der Waals surface area contributed by atoms with Crippen LogP contribution in [0.1, 0.15) is 0 Å². The van der Waals surface area contributed by atoms with Gasteiger partial charge in [0.15, 0.2) is 17.1 Å². The number of hydrogen-bond acceptors (Lipinski definition) is 4. The van der Waals surface area contributed by atoms with Crippen molar-refractivity contribution in [1.29, 1.82) is 0 Å². The first-order valence-corrected chi connectivity index (χ1v) is 8.36.